The fourth-order valence-corrected chi connectivity index (χ4v) is 1.71. The predicted octanol–water partition coefficient (Wildman–Crippen LogP) is 3.65. The molecule has 130 valence electrons. The Balaban J connectivity index is 2.60. The Morgan fingerprint density at radius 2 is 1.83 bits per heavy atom. The summed E-state index contributed by atoms with van der Waals surface area (Å²) in [6, 6.07) is 3.64. The molecule has 0 aliphatic rings. The van der Waals surface area contributed by atoms with E-state index in [1.807, 2.05) is 0 Å². The summed E-state index contributed by atoms with van der Waals surface area (Å²) in [6.45, 7) is 5.40. The third kappa shape index (κ3) is 6.66. The Hall–Kier alpha value is -2.12. The second-order valence-corrected chi connectivity index (χ2v) is 5.76. The molecule has 0 aliphatic heterocycles. The molecular weight excluding hydrogens is 313 g/mol. The number of hydrogen-bond donors (Lipinski definition) is 2. The Morgan fingerprint density at radius 3 is 2.35 bits per heavy atom. The highest BCUT2D eigenvalue weighted by Crippen LogP contribution is 2.36. The lowest BCUT2D eigenvalue weighted by atomic mass is 10.1. The first-order valence-corrected chi connectivity index (χ1v) is 6.99. The third-order valence-electron chi connectivity index (χ3n) is 2.64. The number of ether oxygens (including phenoxy) is 2. The van der Waals surface area contributed by atoms with Crippen molar-refractivity contribution >= 4 is 11.8 Å². The highest BCUT2D eigenvalue weighted by Gasteiger charge is 2.34. The maximum absolute atomic E-state index is 13.0. The highest BCUT2D eigenvalue weighted by atomic mass is 19.4. The number of alkyl carbamates (subject to hydrolysis) is 1. The van der Waals surface area contributed by atoms with Crippen LogP contribution in [0.4, 0.5) is 23.7 Å². The molecule has 1 aromatic rings. The van der Waals surface area contributed by atoms with E-state index >= 15 is 0 Å². The molecule has 0 aliphatic carbocycles. The summed E-state index contributed by atoms with van der Waals surface area (Å²) in [6.07, 6.45) is -5.12. The van der Waals surface area contributed by atoms with Gasteiger partial charge in [0.15, 0.2) is 0 Å². The number of hydrogen-bond acceptors (Lipinski definition) is 4. The average molecular weight is 334 g/mol. The molecule has 8 heteroatoms. The molecule has 0 heterocycles. The molecule has 0 saturated heterocycles. The minimum absolute atomic E-state index is 0.0794. The van der Waals surface area contributed by atoms with Gasteiger partial charge in [-0.05, 0) is 39.0 Å². The number of anilines is 1. The summed E-state index contributed by atoms with van der Waals surface area (Å²) >= 11 is 0. The van der Waals surface area contributed by atoms with Crippen molar-refractivity contribution in [3.8, 4) is 5.75 Å². The Labute approximate surface area is 133 Å². The first-order chi connectivity index (χ1) is 10.5. The summed E-state index contributed by atoms with van der Waals surface area (Å²) in [7, 11) is 1.30. The van der Waals surface area contributed by atoms with Gasteiger partial charge in [-0.2, -0.15) is 13.2 Å². The zero-order valence-electron chi connectivity index (χ0n) is 13.5. The van der Waals surface area contributed by atoms with E-state index in [1.165, 1.54) is 19.2 Å². The molecule has 2 N–H and O–H groups in total. The topological polar surface area (TPSA) is 59.6 Å². The van der Waals surface area contributed by atoms with E-state index in [0.29, 0.717) is 0 Å². The van der Waals surface area contributed by atoms with Crippen LogP contribution in [0, 0.1) is 0 Å². The average Bonchev–Trinajstić information content (AvgIpc) is 2.40. The van der Waals surface area contributed by atoms with Crippen molar-refractivity contribution in [1.82, 2.24) is 5.32 Å². The first-order valence-electron chi connectivity index (χ1n) is 6.99. The highest BCUT2D eigenvalue weighted by molar-refractivity contribution is 5.67. The maximum atomic E-state index is 13.0. The number of halogens is 3. The van der Waals surface area contributed by atoms with Crippen molar-refractivity contribution in [2.45, 2.75) is 32.5 Å². The van der Waals surface area contributed by atoms with E-state index in [9.17, 15) is 18.0 Å². The largest absolute Gasteiger partial charge is 0.497 e. The van der Waals surface area contributed by atoms with Gasteiger partial charge in [-0.15, -0.1) is 0 Å². The molecule has 0 bridgehead atoms. The van der Waals surface area contributed by atoms with Crippen LogP contribution in [0.1, 0.15) is 26.3 Å². The number of benzene rings is 1. The van der Waals surface area contributed by atoms with Crippen molar-refractivity contribution in [1.29, 1.82) is 0 Å². The van der Waals surface area contributed by atoms with Gasteiger partial charge in [0.25, 0.3) is 0 Å². The van der Waals surface area contributed by atoms with Crippen LogP contribution in [-0.4, -0.2) is 31.9 Å². The normalized spacial score (nSPS) is 11.8. The Bertz CT molecular complexity index is 540. The van der Waals surface area contributed by atoms with Crippen LogP contribution >= 0.6 is 0 Å². The smallest absolute Gasteiger partial charge is 0.418 e. The van der Waals surface area contributed by atoms with Crippen molar-refractivity contribution in [2.24, 2.45) is 0 Å². The second-order valence-electron chi connectivity index (χ2n) is 5.76. The lowest BCUT2D eigenvalue weighted by molar-refractivity contribution is -0.137. The number of alkyl halides is 3. The Kier molecular flexibility index (Phi) is 6.12. The fraction of sp³-hybridized carbons (Fsp3) is 0.533. The van der Waals surface area contributed by atoms with Crippen LogP contribution in [0.2, 0.25) is 0 Å². The van der Waals surface area contributed by atoms with Gasteiger partial charge in [0.1, 0.15) is 11.4 Å². The summed E-state index contributed by atoms with van der Waals surface area (Å²) in [5, 5.41) is 5.10. The van der Waals surface area contributed by atoms with Gasteiger partial charge < -0.3 is 20.1 Å². The standard InChI is InChI=1S/C15H21F3N2O3/c1-14(2,3)23-13(21)20-8-7-19-12-6-5-10(22-4)9-11(12)15(16,17)18/h5-6,9,19H,7-8H2,1-4H3,(H,20,21). The van der Waals surface area contributed by atoms with E-state index < -0.39 is 23.4 Å². The molecule has 0 fully saturated rings. The molecular formula is C15H21F3N2O3. The van der Waals surface area contributed by atoms with Gasteiger partial charge in [-0.1, -0.05) is 0 Å². The molecule has 23 heavy (non-hydrogen) atoms. The van der Waals surface area contributed by atoms with Gasteiger partial charge >= 0.3 is 12.3 Å². The third-order valence-corrected chi connectivity index (χ3v) is 2.64. The molecule has 0 saturated carbocycles. The predicted molar refractivity (Wildman–Crippen MR) is 80.7 cm³/mol. The SMILES string of the molecule is COc1ccc(NCCNC(=O)OC(C)(C)C)c(C(F)(F)F)c1. The summed E-state index contributed by atoms with van der Waals surface area (Å²) in [4.78, 5) is 11.4. The quantitative estimate of drug-likeness (QED) is 0.807. The number of carbonyl (C=O) groups excluding carboxylic acids is 1. The van der Waals surface area contributed by atoms with Gasteiger partial charge in [-0.25, -0.2) is 4.79 Å². The van der Waals surface area contributed by atoms with Crippen molar-refractivity contribution in [3.05, 3.63) is 23.8 Å². The van der Waals surface area contributed by atoms with E-state index in [1.54, 1.807) is 20.8 Å². The van der Waals surface area contributed by atoms with Crippen molar-refractivity contribution < 1.29 is 27.4 Å². The summed E-state index contributed by atoms with van der Waals surface area (Å²) in [5.74, 6) is 0.120. The van der Waals surface area contributed by atoms with Crippen LogP contribution in [0.15, 0.2) is 18.2 Å². The lowest BCUT2D eigenvalue weighted by Crippen LogP contribution is -2.35. The van der Waals surface area contributed by atoms with Gasteiger partial charge in [-0.3, -0.25) is 0 Å². The fourth-order valence-electron chi connectivity index (χ4n) is 1.71. The monoisotopic (exact) mass is 334 g/mol. The molecule has 0 spiro atoms. The van der Waals surface area contributed by atoms with Gasteiger partial charge in [0, 0.05) is 18.8 Å². The van der Waals surface area contributed by atoms with Gasteiger partial charge in [0.2, 0.25) is 0 Å². The van der Waals surface area contributed by atoms with E-state index in [2.05, 4.69) is 10.6 Å². The second kappa shape index (κ2) is 7.43. The molecule has 0 unspecified atom stereocenters. The number of methoxy groups -OCH3 is 1. The summed E-state index contributed by atoms with van der Waals surface area (Å²) < 4.78 is 48.8. The van der Waals surface area contributed by atoms with Gasteiger partial charge in [0.05, 0.1) is 12.7 Å². The van der Waals surface area contributed by atoms with Crippen LogP contribution < -0.4 is 15.4 Å². The molecule has 0 radical (unpaired) electrons. The molecule has 5 nitrogen and oxygen atoms in total. The molecule has 0 aromatic heterocycles. The maximum Gasteiger partial charge on any atom is 0.418 e. The van der Waals surface area contributed by atoms with Crippen LogP contribution in [-0.2, 0) is 10.9 Å². The number of rotatable bonds is 5. The minimum atomic E-state index is -4.50. The zero-order valence-corrected chi connectivity index (χ0v) is 13.5. The first kappa shape index (κ1) is 18.9. The lowest BCUT2D eigenvalue weighted by Gasteiger charge is -2.20. The van der Waals surface area contributed by atoms with E-state index in [-0.39, 0.29) is 24.5 Å². The van der Waals surface area contributed by atoms with E-state index in [4.69, 9.17) is 9.47 Å². The molecule has 1 amide bonds. The molecule has 1 aromatic carbocycles. The molecule has 0 atom stereocenters. The number of amides is 1. The molecule has 1 rings (SSSR count). The van der Waals surface area contributed by atoms with Crippen molar-refractivity contribution in [3.63, 3.8) is 0 Å². The number of carbonyl (C=O) groups is 1. The van der Waals surface area contributed by atoms with Crippen molar-refractivity contribution in [2.75, 3.05) is 25.5 Å². The minimum Gasteiger partial charge on any atom is -0.497 e. The Morgan fingerprint density at radius 1 is 1.17 bits per heavy atom. The number of nitrogens with one attached hydrogen (secondary N) is 2. The van der Waals surface area contributed by atoms with Crippen LogP contribution in [0.25, 0.3) is 0 Å². The van der Waals surface area contributed by atoms with E-state index in [0.717, 1.165) is 6.07 Å². The van der Waals surface area contributed by atoms with Crippen LogP contribution in [0.3, 0.4) is 0 Å². The zero-order chi connectivity index (χ0) is 17.7. The van der Waals surface area contributed by atoms with Crippen LogP contribution in [0.5, 0.6) is 5.75 Å². The summed E-state index contributed by atoms with van der Waals surface area (Å²) in [5.41, 5.74) is -1.53.